The number of benzene rings is 1. The van der Waals surface area contributed by atoms with Crippen LogP contribution in [0, 0.1) is 0 Å². The Bertz CT molecular complexity index is 421. The summed E-state index contributed by atoms with van der Waals surface area (Å²) in [4.78, 5) is 0. The van der Waals surface area contributed by atoms with Gasteiger partial charge in [0.1, 0.15) is 0 Å². The smallest absolute Gasteiger partial charge is 0.0678 e. The van der Waals surface area contributed by atoms with Crippen LogP contribution in [0.25, 0.3) is 5.69 Å². The van der Waals surface area contributed by atoms with E-state index in [4.69, 9.17) is 0 Å². The number of hydrogen-bond donors (Lipinski definition) is 1. The van der Waals surface area contributed by atoms with Gasteiger partial charge in [-0.2, -0.15) is 5.10 Å². The zero-order valence-corrected chi connectivity index (χ0v) is 8.67. The van der Waals surface area contributed by atoms with Crippen molar-refractivity contribution in [2.75, 3.05) is 0 Å². The molecule has 15 heavy (non-hydrogen) atoms. The van der Waals surface area contributed by atoms with Gasteiger partial charge in [0.25, 0.3) is 0 Å². The average Bonchev–Trinajstić information content (AvgIpc) is 2.70. The van der Waals surface area contributed by atoms with Crippen LogP contribution in [-0.2, 0) is 6.42 Å². The number of aromatic nitrogens is 2. The molecule has 0 aliphatic carbocycles. The van der Waals surface area contributed by atoms with Gasteiger partial charge in [0.2, 0.25) is 0 Å². The van der Waals surface area contributed by atoms with E-state index in [1.165, 1.54) is 0 Å². The Morgan fingerprint density at radius 2 is 2.13 bits per heavy atom. The summed E-state index contributed by atoms with van der Waals surface area (Å²) in [5, 5.41) is 13.6. The van der Waals surface area contributed by atoms with E-state index in [9.17, 15) is 5.11 Å². The van der Waals surface area contributed by atoms with Crippen LogP contribution in [0.1, 0.15) is 12.5 Å². The molecule has 0 aliphatic heterocycles. The Balaban J connectivity index is 2.38. The van der Waals surface area contributed by atoms with Crippen molar-refractivity contribution in [3.63, 3.8) is 0 Å². The number of hydrogen-bond acceptors (Lipinski definition) is 2. The second-order valence-electron chi connectivity index (χ2n) is 3.63. The second-order valence-corrected chi connectivity index (χ2v) is 3.63. The first-order chi connectivity index (χ1) is 7.27. The van der Waals surface area contributed by atoms with Crippen LogP contribution < -0.4 is 0 Å². The molecule has 0 bridgehead atoms. The standard InChI is InChI=1S/C12H14N2O/c1-10(15)9-11-5-2-3-6-12(11)14-8-4-7-13-14/h2-8,10,15H,9H2,1H3/t10-/m0/s1. The average molecular weight is 202 g/mol. The molecule has 1 aromatic heterocycles. The summed E-state index contributed by atoms with van der Waals surface area (Å²) in [5.74, 6) is 0. The molecule has 78 valence electrons. The third kappa shape index (κ3) is 2.25. The Morgan fingerprint density at radius 1 is 1.33 bits per heavy atom. The normalized spacial score (nSPS) is 12.7. The number of rotatable bonds is 3. The summed E-state index contributed by atoms with van der Waals surface area (Å²) in [7, 11) is 0. The minimum absolute atomic E-state index is 0.332. The Hall–Kier alpha value is -1.61. The van der Waals surface area contributed by atoms with Gasteiger partial charge in [-0.3, -0.25) is 0 Å². The van der Waals surface area contributed by atoms with E-state index in [2.05, 4.69) is 5.10 Å². The summed E-state index contributed by atoms with van der Waals surface area (Å²) in [5.41, 5.74) is 2.14. The number of para-hydroxylation sites is 1. The van der Waals surface area contributed by atoms with E-state index in [-0.39, 0.29) is 6.10 Å². The number of aliphatic hydroxyl groups excluding tert-OH is 1. The fourth-order valence-electron chi connectivity index (χ4n) is 1.64. The van der Waals surface area contributed by atoms with Crippen molar-refractivity contribution in [1.29, 1.82) is 0 Å². The van der Waals surface area contributed by atoms with E-state index in [1.807, 2.05) is 41.2 Å². The molecule has 2 aromatic rings. The van der Waals surface area contributed by atoms with Crippen molar-refractivity contribution in [3.05, 3.63) is 48.3 Å². The highest BCUT2D eigenvalue weighted by Gasteiger charge is 2.06. The van der Waals surface area contributed by atoms with Crippen LogP contribution in [0.15, 0.2) is 42.7 Å². The highest BCUT2D eigenvalue weighted by Crippen LogP contribution is 2.15. The first kappa shape index (κ1) is 9.93. The molecular formula is C12H14N2O. The zero-order chi connectivity index (χ0) is 10.7. The lowest BCUT2D eigenvalue weighted by atomic mass is 10.1. The van der Waals surface area contributed by atoms with Crippen molar-refractivity contribution in [3.8, 4) is 5.69 Å². The van der Waals surface area contributed by atoms with Crippen molar-refractivity contribution >= 4 is 0 Å². The third-order valence-corrected chi connectivity index (χ3v) is 2.26. The quantitative estimate of drug-likeness (QED) is 0.824. The fourth-order valence-corrected chi connectivity index (χ4v) is 1.64. The monoisotopic (exact) mass is 202 g/mol. The maximum absolute atomic E-state index is 9.40. The first-order valence-electron chi connectivity index (χ1n) is 5.03. The van der Waals surface area contributed by atoms with Crippen LogP contribution in [-0.4, -0.2) is 21.0 Å². The summed E-state index contributed by atoms with van der Waals surface area (Å²) in [6, 6.07) is 9.86. The highest BCUT2D eigenvalue weighted by molar-refractivity contribution is 5.40. The van der Waals surface area contributed by atoms with Crippen molar-refractivity contribution < 1.29 is 5.11 Å². The van der Waals surface area contributed by atoms with Gasteiger partial charge in [0.05, 0.1) is 11.8 Å². The molecular weight excluding hydrogens is 188 g/mol. The van der Waals surface area contributed by atoms with E-state index < -0.39 is 0 Å². The van der Waals surface area contributed by atoms with Crippen molar-refractivity contribution in [2.45, 2.75) is 19.4 Å². The number of aliphatic hydroxyl groups is 1. The van der Waals surface area contributed by atoms with Crippen LogP contribution in [0.2, 0.25) is 0 Å². The molecule has 0 radical (unpaired) electrons. The van der Waals surface area contributed by atoms with E-state index in [1.54, 1.807) is 13.1 Å². The zero-order valence-electron chi connectivity index (χ0n) is 8.67. The topological polar surface area (TPSA) is 38.0 Å². The molecule has 1 heterocycles. The van der Waals surface area contributed by atoms with Crippen LogP contribution in [0.5, 0.6) is 0 Å². The molecule has 1 aromatic carbocycles. The largest absolute Gasteiger partial charge is 0.393 e. The minimum Gasteiger partial charge on any atom is -0.393 e. The molecule has 0 unspecified atom stereocenters. The lowest BCUT2D eigenvalue weighted by Gasteiger charge is -2.10. The molecule has 0 spiro atoms. The van der Waals surface area contributed by atoms with Gasteiger partial charge in [0.15, 0.2) is 0 Å². The molecule has 0 fully saturated rings. The molecule has 1 N–H and O–H groups in total. The van der Waals surface area contributed by atoms with E-state index >= 15 is 0 Å². The van der Waals surface area contributed by atoms with Gasteiger partial charge < -0.3 is 5.11 Å². The third-order valence-electron chi connectivity index (χ3n) is 2.26. The van der Waals surface area contributed by atoms with Gasteiger partial charge in [-0.15, -0.1) is 0 Å². The first-order valence-corrected chi connectivity index (χ1v) is 5.03. The van der Waals surface area contributed by atoms with Crippen LogP contribution >= 0.6 is 0 Å². The molecule has 2 rings (SSSR count). The summed E-state index contributed by atoms with van der Waals surface area (Å²) < 4.78 is 1.82. The Labute approximate surface area is 89.0 Å². The fraction of sp³-hybridized carbons (Fsp3) is 0.250. The molecule has 0 aliphatic rings. The molecule has 1 atom stereocenters. The second kappa shape index (κ2) is 4.28. The van der Waals surface area contributed by atoms with E-state index in [0.29, 0.717) is 6.42 Å². The SMILES string of the molecule is C[C@H](O)Cc1ccccc1-n1cccn1. The molecule has 0 saturated heterocycles. The number of nitrogens with zero attached hydrogens (tertiary/aromatic N) is 2. The molecule has 3 heteroatoms. The molecule has 0 amide bonds. The van der Waals surface area contributed by atoms with E-state index in [0.717, 1.165) is 11.3 Å². The van der Waals surface area contributed by atoms with Crippen LogP contribution in [0.3, 0.4) is 0 Å². The minimum atomic E-state index is -0.332. The van der Waals surface area contributed by atoms with Gasteiger partial charge in [-0.25, -0.2) is 4.68 Å². The predicted molar refractivity (Wildman–Crippen MR) is 58.9 cm³/mol. The van der Waals surface area contributed by atoms with Crippen LogP contribution in [0.4, 0.5) is 0 Å². The highest BCUT2D eigenvalue weighted by atomic mass is 16.3. The maximum Gasteiger partial charge on any atom is 0.0678 e. The van der Waals surface area contributed by atoms with Crippen molar-refractivity contribution in [2.24, 2.45) is 0 Å². The molecule has 0 saturated carbocycles. The lowest BCUT2D eigenvalue weighted by Crippen LogP contribution is -2.08. The molecule has 3 nitrogen and oxygen atoms in total. The van der Waals surface area contributed by atoms with Gasteiger partial charge >= 0.3 is 0 Å². The van der Waals surface area contributed by atoms with Gasteiger partial charge in [-0.05, 0) is 24.6 Å². The summed E-state index contributed by atoms with van der Waals surface area (Å²) in [6.45, 7) is 1.79. The lowest BCUT2D eigenvalue weighted by molar-refractivity contribution is 0.195. The summed E-state index contributed by atoms with van der Waals surface area (Å²) in [6.07, 6.45) is 3.97. The maximum atomic E-state index is 9.40. The Morgan fingerprint density at radius 3 is 2.80 bits per heavy atom. The predicted octanol–water partition coefficient (Wildman–Crippen LogP) is 1.80. The van der Waals surface area contributed by atoms with Gasteiger partial charge in [-0.1, -0.05) is 18.2 Å². The van der Waals surface area contributed by atoms with Crippen molar-refractivity contribution in [1.82, 2.24) is 9.78 Å². The van der Waals surface area contributed by atoms with Gasteiger partial charge in [0, 0.05) is 18.8 Å². The summed E-state index contributed by atoms with van der Waals surface area (Å²) >= 11 is 0. The Kier molecular flexibility index (Phi) is 2.83.